The third-order valence-electron chi connectivity index (χ3n) is 2.82. The van der Waals surface area contributed by atoms with Crippen LogP contribution in [0.5, 0.6) is 11.5 Å². The van der Waals surface area contributed by atoms with Crippen molar-refractivity contribution in [2.45, 2.75) is 0 Å². The first-order valence-electron chi connectivity index (χ1n) is 5.39. The van der Waals surface area contributed by atoms with Crippen LogP contribution in [0.15, 0.2) is 16.7 Å². The molecule has 5 nitrogen and oxygen atoms in total. The molecule has 102 valence electrons. The molecule has 0 aliphatic rings. The number of nitrogens with two attached hydrogens (primary N) is 1. The largest absolute Gasteiger partial charge is 0.493 e. The van der Waals surface area contributed by atoms with Crippen LogP contribution in [0.2, 0.25) is 0 Å². The number of benzene rings is 1. The van der Waals surface area contributed by atoms with E-state index in [-0.39, 0.29) is 5.75 Å². The second-order valence-corrected chi connectivity index (χ2v) is 4.70. The van der Waals surface area contributed by atoms with Gasteiger partial charge < -0.3 is 15.2 Å². The molecular formula is C12H13BrFN3O2. The van der Waals surface area contributed by atoms with Crippen molar-refractivity contribution in [3.8, 4) is 22.6 Å². The molecule has 1 aromatic carbocycles. The van der Waals surface area contributed by atoms with Crippen LogP contribution in [0.4, 0.5) is 10.2 Å². The molecule has 0 amide bonds. The number of halogens is 2. The quantitative estimate of drug-likeness (QED) is 0.940. The highest BCUT2D eigenvalue weighted by molar-refractivity contribution is 9.10. The second kappa shape index (κ2) is 5.08. The average Bonchev–Trinajstić information content (AvgIpc) is 2.70. The number of aromatic nitrogens is 2. The van der Waals surface area contributed by atoms with E-state index in [1.54, 1.807) is 13.1 Å². The van der Waals surface area contributed by atoms with Crippen LogP contribution < -0.4 is 15.2 Å². The van der Waals surface area contributed by atoms with Crippen molar-refractivity contribution in [3.63, 3.8) is 0 Å². The number of nitrogen functional groups attached to an aromatic ring is 1. The van der Waals surface area contributed by atoms with E-state index >= 15 is 0 Å². The lowest BCUT2D eigenvalue weighted by Gasteiger charge is -2.13. The molecular weight excluding hydrogens is 317 g/mol. The van der Waals surface area contributed by atoms with E-state index in [0.717, 1.165) is 0 Å². The number of hydrogen-bond donors (Lipinski definition) is 1. The van der Waals surface area contributed by atoms with E-state index in [1.165, 1.54) is 25.1 Å². The van der Waals surface area contributed by atoms with Crippen LogP contribution in [-0.2, 0) is 7.05 Å². The van der Waals surface area contributed by atoms with Crippen molar-refractivity contribution in [3.05, 3.63) is 22.6 Å². The molecule has 2 aromatic rings. The van der Waals surface area contributed by atoms with Gasteiger partial charge in [-0.2, -0.15) is 5.10 Å². The van der Waals surface area contributed by atoms with Gasteiger partial charge in [-0.15, -0.1) is 0 Å². The molecule has 0 aliphatic carbocycles. The predicted molar refractivity (Wildman–Crippen MR) is 73.8 cm³/mol. The van der Waals surface area contributed by atoms with Crippen molar-refractivity contribution >= 4 is 21.7 Å². The summed E-state index contributed by atoms with van der Waals surface area (Å²) in [6.07, 6.45) is 1.50. The smallest absolute Gasteiger partial charge is 0.197 e. The number of rotatable bonds is 3. The molecule has 7 heteroatoms. The molecule has 0 unspecified atom stereocenters. The van der Waals surface area contributed by atoms with Crippen molar-refractivity contribution in [2.75, 3.05) is 20.0 Å². The first-order valence-corrected chi connectivity index (χ1v) is 6.18. The fourth-order valence-electron chi connectivity index (χ4n) is 1.81. The van der Waals surface area contributed by atoms with Gasteiger partial charge in [-0.25, -0.2) is 4.39 Å². The van der Waals surface area contributed by atoms with Gasteiger partial charge >= 0.3 is 0 Å². The van der Waals surface area contributed by atoms with Gasteiger partial charge in [0.2, 0.25) is 0 Å². The summed E-state index contributed by atoms with van der Waals surface area (Å²) in [6, 6.07) is 1.63. The Morgan fingerprint density at radius 2 is 2.05 bits per heavy atom. The van der Waals surface area contributed by atoms with Gasteiger partial charge in [0.15, 0.2) is 17.3 Å². The topological polar surface area (TPSA) is 62.3 Å². The van der Waals surface area contributed by atoms with Crippen LogP contribution >= 0.6 is 15.9 Å². The van der Waals surface area contributed by atoms with Crippen molar-refractivity contribution in [1.29, 1.82) is 0 Å². The number of aryl methyl sites for hydroxylation is 1. The van der Waals surface area contributed by atoms with Gasteiger partial charge in [0.25, 0.3) is 0 Å². The highest BCUT2D eigenvalue weighted by Crippen LogP contribution is 2.43. The summed E-state index contributed by atoms with van der Waals surface area (Å²) in [5, 5.41) is 4.00. The van der Waals surface area contributed by atoms with Crippen LogP contribution in [0.1, 0.15) is 0 Å². The highest BCUT2D eigenvalue weighted by Gasteiger charge is 2.22. The Hall–Kier alpha value is -1.76. The van der Waals surface area contributed by atoms with E-state index in [4.69, 9.17) is 15.2 Å². The lowest BCUT2D eigenvalue weighted by atomic mass is 10.1. The Bertz CT molecular complexity index is 628. The minimum atomic E-state index is -0.548. The van der Waals surface area contributed by atoms with Crippen LogP contribution in [0, 0.1) is 5.82 Å². The van der Waals surface area contributed by atoms with E-state index in [1.807, 2.05) is 0 Å². The standard InChI is InChI=1S/C12H13BrFN3O2/c1-17-12(15)6(5-16-17)9-7(13)4-8(18-2)11(19-3)10(9)14/h4-5H,15H2,1-3H3. The Morgan fingerprint density at radius 1 is 1.37 bits per heavy atom. The van der Waals surface area contributed by atoms with Crippen molar-refractivity contribution in [1.82, 2.24) is 9.78 Å². The summed E-state index contributed by atoms with van der Waals surface area (Å²) >= 11 is 3.31. The summed E-state index contributed by atoms with van der Waals surface area (Å²) in [5.74, 6) is 0.155. The summed E-state index contributed by atoms with van der Waals surface area (Å²) in [7, 11) is 4.51. The van der Waals surface area contributed by atoms with Gasteiger partial charge in [0.1, 0.15) is 5.82 Å². The fourth-order valence-corrected chi connectivity index (χ4v) is 2.40. The summed E-state index contributed by atoms with van der Waals surface area (Å²) in [4.78, 5) is 0. The zero-order chi connectivity index (χ0) is 14.2. The van der Waals surface area contributed by atoms with Gasteiger partial charge in [-0.3, -0.25) is 4.68 Å². The van der Waals surface area contributed by atoms with Crippen molar-refractivity contribution in [2.24, 2.45) is 7.05 Å². The van der Waals surface area contributed by atoms with Crippen LogP contribution in [-0.4, -0.2) is 24.0 Å². The van der Waals surface area contributed by atoms with Gasteiger partial charge in [0.05, 0.1) is 20.4 Å². The summed E-state index contributed by atoms with van der Waals surface area (Å²) in [6.45, 7) is 0. The molecule has 1 aromatic heterocycles. The van der Waals surface area contributed by atoms with Gasteiger partial charge in [-0.1, -0.05) is 0 Å². The predicted octanol–water partition coefficient (Wildman–Crippen LogP) is 2.59. The normalized spacial score (nSPS) is 10.6. The van der Waals surface area contributed by atoms with E-state index < -0.39 is 5.82 Å². The number of ether oxygens (including phenoxy) is 2. The molecule has 19 heavy (non-hydrogen) atoms. The number of hydrogen-bond acceptors (Lipinski definition) is 4. The fraction of sp³-hybridized carbons (Fsp3) is 0.250. The van der Waals surface area contributed by atoms with E-state index in [0.29, 0.717) is 27.2 Å². The SMILES string of the molecule is COc1cc(Br)c(-c2cnn(C)c2N)c(F)c1OC. The number of methoxy groups -OCH3 is 2. The lowest BCUT2D eigenvalue weighted by Crippen LogP contribution is -2.00. The van der Waals surface area contributed by atoms with E-state index in [9.17, 15) is 4.39 Å². The van der Waals surface area contributed by atoms with Crippen LogP contribution in [0.3, 0.4) is 0 Å². The summed E-state index contributed by atoms with van der Waals surface area (Å²) in [5.41, 5.74) is 6.66. The zero-order valence-corrected chi connectivity index (χ0v) is 12.3. The Balaban J connectivity index is 2.74. The monoisotopic (exact) mass is 329 g/mol. The summed E-state index contributed by atoms with van der Waals surface area (Å²) < 4.78 is 26.6. The second-order valence-electron chi connectivity index (χ2n) is 3.85. The maximum atomic E-state index is 14.5. The minimum absolute atomic E-state index is 0.0314. The molecule has 0 aliphatic heterocycles. The molecule has 0 radical (unpaired) electrons. The molecule has 2 rings (SSSR count). The minimum Gasteiger partial charge on any atom is -0.493 e. The third kappa shape index (κ3) is 2.14. The van der Waals surface area contributed by atoms with Crippen molar-refractivity contribution < 1.29 is 13.9 Å². The molecule has 0 spiro atoms. The van der Waals surface area contributed by atoms with Crippen LogP contribution in [0.25, 0.3) is 11.1 Å². The van der Waals surface area contributed by atoms with E-state index in [2.05, 4.69) is 21.0 Å². The Kier molecular flexibility index (Phi) is 3.66. The first-order chi connectivity index (χ1) is 9.01. The number of anilines is 1. The highest BCUT2D eigenvalue weighted by atomic mass is 79.9. The first kappa shape index (κ1) is 13.7. The lowest BCUT2D eigenvalue weighted by molar-refractivity contribution is 0.338. The zero-order valence-electron chi connectivity index (χ0n) is 10.7. The molecule has 0 bridgehead atoms. The molecule has 1 heterocycles. The van der Waals surface area contributed by atoms with Gasteiger partial charge in [-0.05, 0) is 22.0 Å². The molecule has 2 N–H and O–H groups in total. The van der Waals surface area contributed by atoms with Gasteiger partial charge in [0, 0.05) is 22.6 Å². The maximum absolute atomic E-state index is 14.5. The molecule has 0 saturated heterocycles. The Morgan fingerprint density at radius 3 is 2.53 bits per heavy atom. The number of nitrogens with zero attached hydrogens (tertiary/aromatic N) is 2. The Labute approximate surface area is 118 Å². The average molecular weight is 330 g/mol. The molecule has 0 atom stereocenters. The molecule has 0 fully saturated rings. The third-order valence-corrected chi connectivity index (χ3v) is 3.44. The maximum Gasteiger partial charge on any atom is 0.197 e. The molecule has 0 saturated carbocycles.